The average molecular weight is 312 g/mol. The fraction of sp³-hybridized carbons (Fsp3) is 0.750. The third kappa shape index (κ3) is 6.93. The van der Waals surface area contributed by atoms with E-state index in [4.69, 9.17) is 4.74 Å². The van der Waals surface area contributed by atoms with Gasteiger partial charge >= 0.3 is 5.97 Å². The van der Waals surface area contributed by atoms with E-state index in [1.165, 1.54) is 0 Å². The number of thiazole rings is 1. The van der Waals surface area contributed by atoms with Gasteiger partial charge in [0.15, 0.2) is 5.13 Å². The molecule has 0 fully saturated rings. The molecule has 0 radical (unpaired) electrons. The molecule has 0 unspecified atom stereocenters. The van der Waals surface area contributed by atoms with Crippen LogP contribution in [-0.2, 0) is 16.0 Å². The molecule has 1 aromatic rings. The quantitative estimate of drug-likeness (QED) is 0.651. The summed E-state index contributed by atoms with van der Waals surface area (Å²) in [6.07, 6.45) is 1.07. The molecule has 1 heterocycles. The molecular formula is C16H28N2O2S. The van der Waals surface area contributed by atoms with Crippen LogP contribution in [0.3, 0.4) is 0 Å². The molecule has 0 amide bonds. The zero-order valence-corrected chi connectivity index (χ0v) is 14.7. The summed E-state index contributed by atoms with van der Waals surface area (Å²) in [4.78, 5) is 18.4. The third-order valence-corrected chi connectivity index (χ3v) is 3.82. The van der Waals surface area contributed by atoms with E-state index in [0.717, 1.165) is 23.9 Å². The van der Waals surface area contributed by atoms with E-state index in [2.05, 4.69) is 43.0 Å². The van der Waals surface area contributed by atoms with E-state index in [1.807, 2.05) is 6.92 Å². The Morgan fingerprint density at radius 2 is 1.90 bits per heavy atom. The number of ether oxygens (including phenoxy) is 1. The number of aromatic nitrogens is 1. The number of aryl methyl sites for hydroxylation is 1. The highest BCUT2D eigenvalue weighted by atomic mass is 32.1. The summed E-state index contributed by atoms with van der Waals surface area (Å²) < 4.78 is 4.95. The third-order valence-electron chi connectivity index (χ3n) is 2.87. The predicted octanol–water partition coefficient (Wildman–Crippen LogP) is 3.76. The van der Waals surface area contributed by atoms with E-state index >= 15 is 0 Å². The van der Waals surface area contributed by atoms with Crippen molar-refractivity contribution in [2.75, 3.05) is 24.6 Å². The molecule has 120 valence electrons. The van der Waals surface area contributed by atoms with Crippen LogP contribution < -0.4 is 4.90 Å². The number of anilines is 1. The fourth-order valence-corrected chi connectivity index (χ4v) is 3.01. The molecule has 0 aliphatic heterocycles. The van der Waals surface area contributed by atoms with Crippen molar-refractivity contribution < 1.29 is 9.53 Å². The maximum absolute atomic E-state index is 11.4. The predicted molar refractivity (Wildman–Crippen MR) is 89.0 cm³/mol. The Balaban J connectivity index is 2.63. The summed E-state index contributed by atoms with van der Waals surface area (Å²) in [6.45, 7) is 13.2. The molecule has 0 spiro atoms. The maximum Gasteiger partial charge on any atom is 0.306 e. The average Bonchev–Trinajstić information content (AvgIpc) is 2.83. The molecule has 5 heteroatoms. The minimum atomic E-state index is -0.145. The van der Waals surface area contributed by atoms with Crippen molar-refractivity contribution in [2.24, 2.45) is 11.8 Å². The Kier molecular flexibility index (Phi) is 7.72. The Bertz CT molecular complexity index is 420. The molecule has 4 nitrogen and oxygen atoms in total. The van der Waals surface area contributed by atoms with Crippen molar-refractivity contribution >= 4 is 22.4 Å². The summed E-state index contributed by atoms with van der Waals surface area (Å²) in [5.74, 6) is 1.07. The first kappa shape index (κ1) is 18.0. The number of carbonyl (C=O) groups excluding carboxylic acids is 1. The largest absolute Gasteiger partial charge is 0.466 e. The summed E-state index contributed by atoms with van der Waals surface area (Å²) in [7, 11) is 0. The summed E-state index contributed by atoms with van der Waals surface area (Å²) >= 11 is 1.67. The van der Waals surface area contributed by atoms with Gasteiger partial charge < -0.3 is 9.64 Å². The molecule has 1 aromatic heterocycles. The van der Waals surface area contributed by atoms with Gasteiger partial charge in [-0.1, -0.05) is 27.7 Å². The Labute approximate surface area is 132 Å². The normalized spacial score (nSPS) is 11.2. The highest BCUT2D eigenvalue weighted by Crippen LogP contribution is 2.23. The Morgan fingerprint density at radius 1 is 1.29 bits per heavy atom. The van der Waals surface area contributed by atoms with Crippen LogP contribution in [0, 0.1) is 11.8 Å². The van der Waals surface area contributed by atoms with E-state index in [1.54, 1.807) is 11.3 Å². The molecule has 0 aliphatic rings. The molecule has 0 aromatic carbocycles. The molecule has 0 bridgehead atoms. The second-order valence-electron chi connectivity index (χ2n) is 6.12. The van der Waals surface area contributed by atoms with Crippen LogP contribution in [0.25, 0.3) is 0 Å². The lowest BCUT2D eigenvalue weighted by Crippen LogP contribution is -2.31. The molecule has 0 atom stereocenters. The highest BCUT2D eigenvalue weighted by molar-refractivity contribution is 7.13. The van der Waals surface area contributed by atoms with Gasteiger partial charge in [-0.25, -0.2) is 4.98 Å². The first-order chi connectivity index (χ1) is 9.92. The molecule has 0 aliphatic carbocycles. The Hall–Kier alpha value is -1.10. The molecule has 0 N–H and O–H groups in total. The van der Waals surface area contributed by atoms with Crippen LogP contribution in [0.4, 0.5) is 5.13 Å². The SMILES string of the molecule is CCOC(=O)CCc1csc(N(CC(C)C)CC(C)C)n1. The molecule has 0 saturated carbocycles. The zero-order chi connectivity index (χ0) is 15.8. The summed E-state index contributed by atoms with van der Waals surface area (Å²) in [5.41, 5.74) is 0.987. The fourth-order valence-electron chi connectivity index (χ4n) is 2.13. The van der Waals surface area contributed by atoms with Gasteiger partial charge in [-0.3, -0.25) is 4.79 Å². The summed E-state index contributed by atoms with van der Waals surface area (Å²) in [5, 5.41) is 3.12. The van der Waals surface area contributed by atoms with Crippen LogP contribution in [0.1, 0.15) is 46.7 Å². The van der Waals surface area contributed by atoms with Crippen molar-refractivity contribution in [3.05, 3.63) is 11.1 Å². The lowest BCUT2D eigenvalue weighted by molar-refractivity contribution is -0.143. The van der Waals surface area contributed by atoms with Crippen LogP contribution in [0.15, 0.2) is 5.38 Å². The number of carbonyl (C=O) groups is 1. The van der Waals surface area contributed by atoms with Crippen molar-refractivity contribution in [1.29, 1.82) is 0 Å². The van der Waals surface area contributed by atoms with Gasteiger partial charge in [-0.15, -0.1) is 11.3 Å². The lowest BCUT2D eigenvalue weighted by atomic mass is 10.1. The van der Waals surface area contributed by atoms with E-state index in [0.29, 0.717) is 31.3 Å². The summed E-state index contributed by atoms with van der Waals surface area (Å²) in [6, 6.07) is 0. The first-order valence-corrected chi connectivity index (χ1v) is 8.65. The Morgan fingerprint density at radius 3 is 2.43 bits per heavy atom. The van der Waals surface area contributed by atoms with Gasteiger partial charge in [0.2, 0.25) is 0 Å². The van der Waals surface area contributed by atoms with Gasteiger partial charge in [-0.2, -0.15) is 0 Å². The number of hydrogen-bond acceptors (Lipinski definition) is 5. The van der Waals surface area contributed by atoms with Crippen molar-refractivity contribution in [3.8, 4) is 0 Å². The number of esters is 1. The minimum Gasteiger partial charge on any atom is -0.466 e. The van der Waals surface area contributed by atoms with E-state index in [-0.39, 0.29) is 5.97 Å². The van der Waals surface area contributed by atoms with Crippen LogP contribution in [0.5, 0.6) is 0 Å². The van der Waals surface area contributed by atoms with Gasteiger partial charge in [0.1, 0.15) is 0 Å². The maximum atomic E-state index is 11.4. The van der Waals surface area contributed by atoms with Crippen LogP contribution >= 0.6 is 11.3 Å². The van der Waals surface area contributed by atoms with Crippen LogP contribution in [-0.4, -0.2) is 30.6 Å². The number of nitrogens with zero attached hydrogens (tertiary/aromatic N) is 2. The zero-order valence-electron chi connectivity index (χ0n) is 13.9. The van der Waals surface area contributed by atoms with Gasteiger partial charge in [0.25, 0.3) is 0 Å². The van der Waals surface area contributed by atoms with E-state index < -0.39 is 0 Å². The molecular weight excluding hydrogens is 284 g/mol. The van der Waals surface area contributed by atoms with Crippen LogP contribution in [0.2, 0.25) is 0 Å². The topological polar surface area (TPSA) is 42.4 Å². The van der Waals surface area contributed by atoms with Crippen molar-refractivity contribution in [1.82, 2.24) is 4.98 Å². The number of rotatable bonds is 9. The van der Waals surface area contributed by atoms with Crippen molar-refractivity contribution in [2.45, 2.75) is 47.5 Å². The standard InChI is InChI=1S/C16H28N2O2S/c1-6-20-15(19)8-7-14-11-21-16(17-14)18(9-12(2)3)10-13(4)5/h11-13H,6-10H2,1-5H3. The van der Waals surface area contributed by atoms with E-state index in [9.17, 15) is 4.79 Å². The van der Waals surface area contributed by atoms with Gasteiger partial charge in [-0.05, 0) is 18.8 Å². The smallest absolute Gasteiger partial charge is 0.306 e. The second kappa shape index (κ2) is 9.03. The van der Waals surface area contributed by atoms with Crippen molar-refractivity contribution in [3.63, 3.8) is 0 Å². The molecule has 1 rings (SSSR count). The molecule has 0 saturated heterocycles. The minimum absolute atomic E-state index is 0.145. The second-order valence-corrected chi connectivity index (χ2v) is 6.96. The van der Waals surface area contributed by atoms with Gasteiger partial charge in [0.05, 0.1) is 18.7 Å². The monoisotopic (exact) mass is 312 g/mol. The highest BCUT2D eigenvalue weighted by Gasteiger charge is 2.14. The number of hydrogen-bond donors (Lipinski definition) is 0. The first-order valence-electron chi connectivity index (χ1n) is 7.77. The lowest BCUT2D eigenvalue weighted by Gasteiger charge is -2.25. The van der Waals surface area contributed by atoms with Gasteiger partial charge in [0, 0.05) is 24.9 Å². The molecule has 21 heavy (non-hydrogen) atoms.